The van der Waals surface area contributed by atoms with Crippen LogP contribution in [0.4, 0.5) is 0 Å². The number of benzene rings is 3. The van der Waals surface area contributed by atoms with Gasteiger partial charge in [0.1, 0.15) is 11.5 Å². The number of amides is 2. The molecule has 8 rings (SSSR count). The third-order valence-electron chi connectivity index (χ3n) is 10.8. The van der Waals surface area contributed by atoms with Gasteiger partial charge < -0.3 is 34.7 Å². The lowest BCUT2D eigenvalue weighted by Crippen LogP contribution is -2.56. The van der Waals surface area contributed by atoms with Crippen LogP contribution in [-0.2, 0) is 22.7 Å². The Balaban J connectivity index is 1.05. The van der Waals surface area contributed by atoms with Gasteiger partial charge in [0.15, 0.2) is 0 Å². The SMILES string of the molecule is COc1cc(-n2ccc3c(-c4cccc(-c5ccc(CN6CC7(CNC(=O)C7)C6)c(OC)n5)c4Cl)cccc32)cc(OC)c1CNC[C@@H]1CCC(=O)N1. The van der Waals surface area contributed by atoms with Gasteiger partial charge in [-0.25, -0.2) is 4.98 Å². The zero-order chi connectivity index (χ0) is 36.7. The summed E-state index contributed by atoms with van der Waals surface area (Å²) < 4.78 is 19.6. The normalized spacial score (nSPS) is 17.9. The third-order valence-corrected chi connectivity index (χ3v) is 11.2. The first kappa shape index (κ1) is 35.0. The van der Waals surface area contributed by atoms with Crippen LogP contribution in [0.5, 0.6) is 17.4 Å². The molecule has 3 fully saturated rings. The maximum Gasteiger partial charge on any atom is 0.220 e. The van der Waals surface area contributed by atoms with Crippen LogP contribution < -0.4 is 30.2 Å². The number of rotatable bonds is 12. The quantitative estimate of drug-likeness (QED) is 0.149. The molecule has 0 aliphatic carbocycles. The van der Waals surface area contributed by atoms with Crippen molar-refractivity contribution in [2.24, 2.45) is 5.41 Å². The Morgan fingerprint density at radius 3 is 2.38 bits per heavy atom. The number of nitrogens with one attached hydrogen (secondary N) is 3. The number of ether oxygens (including phenoxy) is 3. The number of nitrogens with zero attached hydrogens (tertiary/aromatic N) is 3. The van der Waals surface area contributed by atoms with Gasteiger partial charge in [-0.05, 0) is 30.2 Å². The predicted octanol–water partition coefficient (Wildman–Crippen LogP) is 5.73. The van der Waals surface area contributed by atoms with Crippen molar-refractivity contribution in [2.45, 2.75) is 38.4 Å². The summed E-state index contributed by atoms with van der Waals surface area (Å²) in [6.45, 7) is 4.43. The maximum absolute atomic E-state index is 11.8. The molecular weight excluding hydrogens is 692 g/mol. The highest BCUT2D eigenvalue weighted by Gasteiger charge is 2.48. The minimum absolute atomic E-state index is 0.0643. The van der Waals surface area contributed by atoms with Crippen molar-refractivity contribution in [3.05, 3.63) is 89.1 Å². The van der Waals surface area contributed by atoms with E-state index >= 15 is 0 Å². The van der Waals surface area contributed by atoms with Gasteiger partial charge >= 0.3 is 0 Å². The fraction of sp³-hybridized carbons (Fsp3) is 0.341. The Hall–Kier alpha value is -5.10. The Morgan fingerprint density at radius 2 is 1.68 bits per heavy atom. The molecular formula is C41H43ClN6O5. The van der Waals surface area contributed by atoms with Crippen molar-refractivity contribution in [1.29, 1.82) is 0 Å². The van der Waals surface area contributed by atoms with Crippen molar-refractivity contribution >= 4 is 34.3 Å². The molecule has 3 saturated heterocycles. The summed E-state index contributed by atoms with van der Waals surface area (Å²) in [5.74, 6) is 2.24. The van der Waals surface area contributed by atoms with Gasteiger partial charge in [0, 0.05) is 104 Å². The summed E-state index contributed by atoms with van der Waals surface area (Å²) in [5.41, 5.74) is 7.33. The van der Waals surface area contributed by atoms with Crippen LogP contribution in [0.1, 0.15) is 30.4 Å². The molecule has 274 valence electrons. The van der Waals surface area contributed by atoms with Crippen molar-refractivity contribution in [3.63, 3.8) is 0 Å². The Labute approximate surface area is 313 Å². The molecule has 3 aromatic carbocycles. The second-order valence-corrected chi connectivity index (χ2v) is 14.7. The molecule has 2 amide bonds. The van der Waals surface area contributed by atoms with E-state index in [2.05, 4.69) is 49.7 Å². The molecule has 0 unspecified atom stereocenters. The van der Waals surface area contributed by atoms with E-state index in [-0.39, 0.29) is 23.3 Å². The molecule has 12 heteroatoms. The number of pyridine rings is 1. The maximum atomic E-state index is 11.8. The van der Waals surface area contributed by atoms with E-state index < -0.39 is 0 Å². The molecule has 0 saturated carbocycles. The van der Waals surface area contributed by atoms with Crippen molar-refractivity contribution in [3.8, 4) is 45.5 Å². The highest BCUT2D eigenvalue weighted by atomic mass is 35.5. The van der Waals surface area contributed by atoms with E-state index in [0.29, 0.717) is 54.9 Å². The molecule has 3 N–H and O–H groups in total. The number of halogens is 1. The predicted molar refractivity (Wildman–Crippen MR) is 205 cm³/mol. The number of hydrogen-bond acceptors (Lipinski definition) is 8. The zero-order valence-electron chi connectivity index (χ0n) is 30.1. The van der Waals surface area contributed by atoms with Gasteiger partial charge in [-0.2, -0.15) is 0 Å². The minimum atomic E-state index is 0.0643. The van der Waals surface area contributed by atoms with Gasteiger partial charge in [-0.15, -0.1) is 0 Å². The Bertz CT molecular complexity index is 2190. The average Bonchev–Trinajstić information content (AvgIpc) is 3.90. The minimum Gasteiger partial charge on any atom is -0.496 e. The smallest absolute Gasteiger partial charge is 0.220 e. The van der Waals surface area contributed by atoms with Gasteiger partial charge in [-0.3, -0.25) is 14.5 Å². The molecule has 0 radical (unpaired) electrons. The molecule has 1 spiro atoms. The van der Waals surface area contributed by atoms with Crippen LogP contribution in [0.15, 0.2) is 72.9 Å². The van der Waals surface area contributed by atoms with E-state index in [1.807, 2.05) is 48.7 Å². The molecule has 11 nitrogen and oxygen atoms in total. The third kappa shape index (κ3) is 6.69. The second kappa shape index (κ2) is 14.4. The lowest BCUT2D eigenvalue weighted by Gasteiger charge is -2.47. The van der Waals surface area contributed by atoms with E-state index in [4.69, 9.17) is 30.8 Å². The van der Waals surface area contributed by atoms with Crippen molar-refractivity contribution in [1.82, 2.24) is 30.4 Å². The second-order valence-electron chi connectivity index (χ2n) is 14.3. The summed E-state index contributed by atoms with van der Waals surface area (Å²) in [5, 5.41) is 11.1. The highest BCUT2D eigenvalue weighted by Crippen LogP contribution is 2.42. The number of hydrogen-bond donors (Lipinski definition) is 3. The molecule has 3 aliphatic heterocycles. The lowest BCUT2D eigenvalue weighted by atomic mass is 9.79. The molecule has 1 atom stereocenters. The summed E-state index contributed by atoms with van der Waals surface area (Å²) in [4.78, 5) is 30.6. The van der Waals surface area contributed by atoms with E-state index in [1.54, 1.807) is 21.3 Å². The van der Waals surface area contributed by atoms with Gasteiger partial charge in [0.25, 0.3) is 0 Å². The monoisotopic (exact) mass is 734 g/mol. The largest absolute Gasteiger partial charge is 0.496 e. The number of likely N-dealkylation sites (tertiary alicyclic amines) is 1. The zero-order valence-corrected chi connectivity index (χ0v) is 30.9. The summed E-state index contributed by atoms with van der Waals surface area (Å²) in [6.07, 6.45) is 4.06. The number of carbonyl (C=O) groups is 2. The van der Waals surface area contributed by atoms with Crippen LogP contribution in [0.3, 0.4) is 0 Å². The topological polar surface area (TPSA) is 119 Å². The molecule has 0 bridgehead atoms. The number of aromatic nitrogens is 2. The first-order chi connectivity index (χ1) is 25.8. The summed E-state index contributed by atoms with van der Waals surface area (Å²) in [6, 6.07) is 22.6. The number of methoxy groups -OCH3 is 3. The molecule has 5 heterocycles. The van der Waals surface area contributed by atoms with Gasteiger partial charge in [-0.1, -0.05) is 48.0 Å². The highest BCUT2D eigenvalue weighted by molar-refractivity contribution is 6.36. The van der Waals surface area contributed by atoms with Crippen LogP contribution in [0, 0.1) is 5.41 Å². The summed E-state index contributed by atoms with van der Waals surface area (Å²) in [7, 11) is 4.97. The first-order valence-corrected chi connectivity index (χ1v) is 18.3. The van der Waals surface area contributed by atoms with Crippen LogP contribution in [-0.4, -0.2) is 79.8 Å². The average molecular weight is 735 g/mol. The van der Waals surface area contributed by atoms with Crippen LogP contribution in [0.2, 0.25) is 5.02 Å². The Morgan fingerprint density at radius 1 is 0.925 bits per heavy atom. The number of fused-ring (bicyclic) bond motifs is 1. The van der Waals surface area contributed by atoms with E-state index in [1.165, 1.54) is 0 Å². The lowest BCUT2D eigenvalue weighted by molar-refractivity contribution is -0.121. The van der Waals surface area contributed by atoms with E-state index in [0.717, 1.165) is 76.2 Å². The Kier molecular flexibility index (Phi) is 9.48. The molecule has 5 aromatic rings. The molecule has 53 heavy (non-hydrogen) atoms. The standard InChI is InChI=1S/C41H43ClN6O5/c1-51-35-16-27(17-36(52-2)32(35)20-43-19-26-11-13-37(49)45-26)48-15-14-29-28(6-5-9-34(29)48)30-7-4-8-31(39(30)42)33-12-10-25(40(46-33)53-3)21-47-23-41(24-47)18-38(50)44-22-41/h4-10,12,14-17,26,43H,11,13,18-24H2,1-3H3,(H,44,50)(H,45,49)/t26-/m0/s1. The van der Waals surface area contributed by atoms with Crippen LogP contribution in [0.25, 0.3) is 39.0 Å². The van der Waals surface area contributed by atoms with Crippen LogP contribution >= 0.6 is 11.6 Å². The van der Waals surface area contributed by atoms with E-state index in [9.17, 15) is 9.59 Å². The van der Waals surface area contributed by atoms with Crippen molar-refractivity contribution in [2.75, 3.05) is 47.5 Å². The summed E-state index contributed by atoms with van der Waals surface area (Å²) >= 11 is 7.23. The van der Waals surface area contributed by atoms with Gasteiger partial charge in [0.05, 0.1) is 48.8 Å². The fourth-order valence-electron chi connectivity index (χ4n) is 8.20. The van der Waals surface area contributed by atoms with Gasteiger partial charge in [0.2, 0.25) is 17.7 Å². The number of carbonyl (C=O) groups excluding carboxylic acids is 2. The molecule has 2 aromatic heterocycles. The van der Waals surface area contributed by atoms with Crippen molar-refractivity contribution < 1.29 is 23.8 Å². The molecule has 3 aliphatic rings. The fourth-order valence-corrected chi connectivity index (χ4v) is 8.52. The first-order valence-electron chi connectivity index (χ1n) is 18.0.